The van der Waals surface area contributed by atoms with Crippen molar-refractivity contribution in [2.75, 3.05) is 32.1 Å². The summed E-state index contributed by atoms with van der Waals surface area (Å²) in [6.45, 7) is 3.39. The van der Waals surface area contributed by atoms with Crippen molar-refractivity contribution in [1.82, 2.24) is 10.2 Å². The summed E-state index contributed by atoms with van der Waals surface area (Å²) in [5, 5.41) is 3.64. The Morgan fingerprint density at radius 1 is 1.10 bits per heavy atom. The third-order valence-electron chi connectivity index (χ3n) is 4.69. The molecule has 0 aromatic heterocycles. The van der Waals surface area contributed by atoms with Gasteiger partial charge in [0.15, 0.2) is 0 Å². The lowest BCUT2D eigenvalue weighted by molar-refractivity contribution is 0.249. The van der Waals surface area contributed by atoms with Gasteiger partial charge in [0.05, 0.1) is 0 Å². The first-order valence-corrected chi connectivity index (χ1v) is 7.96. The Balaban J connectivity index is 1.64. The molecule has 1 aliphatic carbocycles. The smallest absolute Gasteiger partial charge is 0.0411 e. The summed E-state index contributed by atoms with van der Waals surface area (Å²) in [6.07, 6.45) is 5.27. The van der Waals surface area contributed by atoms with E-state index in [0.29, 0.717) is 0 Å². The Bertz CT molecular complexity index is 432. The van der Waals surface area contributed by atoms with Crippen LogP contribution in [0.2, 0.25) is 0 Å². The fourth-order valence-corrected chi connectivity index (χ4v) is 3.13. The zero-order chi connectivity index (χ0) is 13.9. The van der Waals surface area contributed by atoms with Gasteiger partial charge in [0.2, 0.25) is 0 Å². The molecule has 0 spiro atoms. The molecule has 2 fully saturated rings. The van der Waals surface area contributed by atoms with Gasteiger partial charge in [-0.1, -0.05) is 18.2 Å². The van der Waals surface area contributed by atoms with Gasteiger partial charge in [-0.3, -0.25) is 0 Å². The molecule has 2 aliphatic rings. The minimum atomic E-state index is 0.753. The van der Waals surface area contributed by atoms with Gasteiger partial charge in [0.25, 0.3) is 0 Å². The topological polar surface area (TPSA) is 18.5 Å². The Morgan fingerprint density at radius 3 is 2.45 bits per heavy atom. The predicted octanol–water partition coefficient (Wildman–Crippen LogP) is 2.47. The van der Waals surface area contributed by atoms with Crippen molar-refractivity contribution in [2.24, 2.45) is 0 Å². The Labute approximate surface area is 123 Å². The molecule has 0 unspecified atom stereocenters. The molecule has 1 aromatic carbocycles. The molecule has 0 radical (unpaired) electrons. The average Bonchev–Trinajstić information content (AvgIpc) is 3.30. The lowest BCUT2D eigenvalue weighted by Crippen LogP contribution is -2.42. The number of piperidine rings is 1. The molecule has 1 saturated heterocycles. The Morgan fingerprint density at radius 2 is 1.80 bits per heavy atom. The van der Waals surface area contributed by atoms with E-state index in [1.165, 1.54) is 50.0 Å². The first-order valence-electron chi connectivity index (χ1n) is 7.96. The average molecular weight is 273 g/mol. The number of hydrogen-bond donors (Lipinski definition) is 1. The van der Waals surface area contributed by atoms with E-state index in [2.05, 4.69) is 53.5 Å². The van der Waals surface area contributed by atoms with E-state index in [9.17, 15) is 0 Å². The van der Waals surface area contributed by atoms with Gasteiger partial charge < -0.3 is 15.1 Å². The largest absolute Gasteiger partial charge is 0.371 e. The highest BCUT2D eigenvalue weighted by atomic mass is 15.2. The van der Waals surface area contributed by atoms with Crippen LogP contribution in [0.25, 0.3) is 0 Å². The molecular formula is C17H27N3. The number of hydrogen-bond acceptors (Lipinski definition) is 3. The van der Waals surface area contributed by atoms with Gasteiger partial charge in [-0.2, -0.15) is 0 Å². The van der Waals surface area contributed by atoms with Crippen molar-refractivity contribution in [3.05, 3.63) is 29.8 Å². The monoisotopic (exact) mass is 273 g/mol. The van der Waals surface area contributed by atoms with Crippen molar-refractivity contribution in [2.45, 2.75) is 44.3 Å². The summed E-state index contributed by atoms with van der Waals surface area (Å²) < 4.78 is 0. The van der Waals surface area contributed by atoms with Crippen molar-refractivity contribution in [3.8, 4) is 0 Å². The second-order valence-corrected chi connectivity index (χ2v) is 6.47. The van der Waals surface area contributed by atoms with Crippen LogP contribution in [-0.4, -0.2) is 44.2 Å². The molecule has 0 bridgehead atoms. The normalized spacial score (nSPS) is 20.6. The zero-order valence-corrected chi connectivity index (χ0v) is 12.8. The third kappa shape index (κ3) is 3.33. The molecule has 110 valence electrons. The molecule has 1 aromatic rings. The van der Waals surface area contributed by atoms with E-state index in [0.717, 1.165) is 18.6 Å². The van der Waals surface area contributed by atoms with Gasteiger partial charge in [0.1, 0.15) is 0 Å². The van der Waals surface area contributed by atoms with E-state index in [1.807, 2.05) is 0 Å². The van der Waals surface area contributed by atoms with Gasteiger partial charge in [-0.05, 0) is 51.4 Å². The molecule has 1 saturated carbocycles. The molecule has 20 heavy (non-hydrogen) atoms. The van der Waals surface area contributed by atoms with E-state index in [-0.39, 0.29) is 0 Å². The maximum Gasteiger partial charge on any atom is 0.0411 e. The summed E-state index contributed by atoms with van der Waals surface area (Å²) in [6, 6.07) is 10.4. The Kier molecular flexibility index (Phi) is 4.27. The molecule has 3 rings (SSSR count). The van der Waals surface area contributed by atoms with Crippen LogP contribution in [0.15, 0.2) is 24.3 Å². The summed E-state index contributed by atoms with van der Waals surface area (Å²) >= 11 is 0. The SMILES string of the molecule is CN(C)C1CCN(c2ccccc2CNC2CC2)CC1. The van der Waals surface area contributed by atoms with Crippen LogP contribution in [-0.2, 0) is 6.54 Å². The fraction of sp³-hybridized carbons (Fsp3) is 0.647. The second-order valence-electron chi connectivity index (χ2n) is 6.47. The Hall–Kier alpha value is -1.06. The predicted molar refractivity (Wildman–Crippen MR) is 85.2 cm³/mol. The highest BCUT2D eigenvalue weighted by molar-refractivity contribution is 5.54. The summed E-state index contributed by atoms with van der Waals surface area (Å²) in [4.78, 5) is 4.95. The van der Waals surface area contributed by atoms with E-state index < -0.39 is 0 Å². The van der Waals surface area contributed by atoms with Crippen LogP contribution in [0, 0.1) is 0 Å². The highest BCUT2D eigenvalue weighted by Gasteiger charge is 2.23. The van der Waals surface area contributed by atoms with E-state index in [4.69, 9.17) is 0 Å². The minimum absolute atomic E-state index is 0.753. The molecule has 3 heteroatoms. The quantitative estimate of drug-likeness (QED) is 0.889. The molecular weight excluding hydrogens is 246 g/mol. The van der Waals surface area contributed by atoms with Gasteiger partial charge in [0, 0.05) is 37.4 Å². The van der Waals surface area contributed by atoms with Crippen LogP contribution >= 0.6 is 0 Å². The fourth-order valence-electron chi connectivity index (χ4n) is 3.13. The van der Waals surface area contributed by atoms with Crippen molar-refractivity contribution >= 4 is 5.69 Å². The van der Waals surface area contributed by atoms with Crippen molar-refractivity contribution in [3.63, 3.8) is 0 Å². The first-order chi connectivity index (χ1) is 9.74. The molecule has 3 nitrogen and oxygen atoms in total. The standard InChI is InChI=1S/C17H27N3/c1-19(2)16-9-11-20(12-10-16)17-6-4-3-5-14(17)13-18-15-7-8-15/h3-6,15-16,18H,7-13H2,1-2H3. The molecule has 0 amide bonds. The first kappa shape index (κ1) is 13.9. The zero-order valence-electron chi connectivity index (χ0n) is 12.8. The summed E-state index contributed by atoms with van der Waals surface area (Å²) in [5.41, 5.74) is 2.90. The summed E-state index contributed by atoms with van der Waals surface area (Å²) in [7, 11) is 4.40. The van der Waals surface area contributed by atoms with Gasteiger partial charge in [-0.25, -0.2) is 0 Å². The number of anilines is 1. The van der Waals surface area contributed by atoms with E-state index >= 15 is 0 Å². The lowest BCUT2D eigenvalue weighted by atomic mass is 10.0. The maximum absolute atomic E-state index is 3.64. The number of rotatable bonds is 5. The van der Waals surface area contributed by atoms with Crippen LogP contribution in [0.3, 0.4) is 0 Å². The molecule has 1 N–H and O–H groups in total. The number of nitrogens with zero attached hydrogens (tertiary/aromatic N) is 2. The van der Waals surface area contributed by atoms with Gasteiger partial charge >= 0.3 is 0 Å². The van der Waals surface area contributed by atoms with Crippen molar-refractivity contribution in [1.29, 1.82) is 0 Å². The molecule has 0 atom stereocenters. The molecule has 1 aliphatic heterocycles. The second kappa shape index (κ2) is 6.15. The van der Waals surface area contributed by atoms with E-state index in [1.54, 1.807) is 0 Å². The third-order valence-corrected chi connectivity index (χ3v) is 4.69. The lowest BCUT2D eigenvalue weighted by Gasteiger charge is -2.37. The minimum Gasteiger partial charge on any atom is -0.371 e. The maximum atomic E-state index is 3.64. The van der Waals surface area contributed by atoms with Gasteiger partial charge in [-0.15, -0.1) is 0 Å². The van der Waals surface area contributed by atoms with Crippen molar-refractivity contribution < 1.29 is 0 Å². The van der Waals surface area contributed by atoms with Crippen LogP contribution in [0.1, 0.15) is 31.2 Å². The number of para-hydroxylation sites is 1. The van der Waals surface area contributed by atoms with Crippen LogP contribution < -0.4 is 10.2 Å². The van der Waals surface area contributed by atoms with Crippen LogP contribution in [0.4, 0.5) is 5.69 Å². The summed E-state index contributed by atoms with van der Waals surface area (Å²) in [5.74, 6) is 0. The number of nitrogens with one attached hydrogen (secondary N) is 1. The number of benzene rings is 1. The molecule has 1 heterocycles. The van der Waals surface area contributed by atoms with Crippen LogP contribution in [0.5, 0.6) is 0 Å². The highest BCUT2D eigenvalue weighted by Crippen LogP contribution is 2.26.